The molecule has 0 aliphatic carbocycles. The first-order valence-electron chi connectivity index (χ1n) is 14.3. The number of aryl methyl sites for hydroxylation is 2. The zero-order valence-corrected chi connectivity index (χ0v) is 24.4. The van der Waals surface area contributed by atoms with Crippen LogP contribution < -0.4 is 14.0 Å². The van der Waals surface area contributed by atoms with Crippen LogP contribution in [0.15, 0.2) is 132 Å². The maximum Gasteiger partial charge on any atom is 0.216 e. The number of hydrogen-bond acceptors (Lipinski definition) is 2. The summed E-state index contributed by atoms with van der Waals surface area (Å²) in [6, 6.07) is 40.6. The molecule has 0 N–H and O–H groups in total. The molecule has 3 aromatic heterocycles. The lowest BCUT2D eigenvalue weighted by Gasteiger charge is -2.29. The fourth-order valence-corrected chi connectivity index (χ4v) is 6.19. The van der Waals surface area contributed by atoms with Crippen molar-refractivity contribution in [1.82, 2.24) is 0 Å². The molecular formula is C38H33N3O+2. The number of anilines is 3. The van der Waals surface area contributed by atoms with Crippen LogP contribution in [0.1, 0.15) is 11.1 Å². The molecule has 0 amide bonds. The highest BCUT2D eigenvalue weighted by molar-refractivity contribution is 6.12. The maximum absolute atomic E-state index is 6.60. The third-order valence-electron chi connectivity index (χ3n) is 8.34. The average molecular weight is 548 g/mol. The fraction of sp³-hybridized carbons (Fsp3) is 0.105. The van der Waals surface area contributed by atoms with E-state index in [2.05, 4.69) is 164 Å². The van der Waals surface area contributed by atoms with Gasteiger partial charge in [-0.15, -0.1) is 0 Å². The molecule has 4 nitrogen and oxygen atoms in total. The molecule has 0 radical (unpaired) electrons. The molecule has 0 saturated carbocycles. The molecule has 0 atom stereocenters. The van der Waals surface area contributed by atoms with Crippen LogP contribution in [0, 0.1) is 13.8 Å². The molecule has 0 unspecified atom stereocenters. The zero-order chi connectivity index (χ0) is 28.8. The zero-order valence-electron chi connectivity index (χ0n) is 24.4. The molecule has 42 heavy (non-hydrogen) atoms. The molecule has 0 spiro atoms. The van der Waals surface area contributed by atoms with Crippen molar-refractivity contribution in [3.63, 3.8) is 0 Å². The van der Waals surface area contributed by atoms with Gasteiger partial charge in [0.2, 0.25) is 11.4 Å². The normalized spacial score (nSPS) is 11.3. The van der Waals surface area contributed by atoms with Gasteiger partial charge in [-0.1, -0.05) is 42.5 Å². The first kappa shape index (κ1) is 25.7. The SMILES string of the molecule is Cc1c(-c2cccc[n+]2C)cccc1N(c1ccccc1)c1cc2c(oc3ccccc32)c(-c2cccc[n+]2C)c1C. The number of hydrogen-bond donors (Lipinski definition) is 0. The van der Waals surface area contributed by atoms with Crippen LogP contribution in [-0.2, 0) is 14.1 Å². The van der Waals surface area contributed by atoms with Gasteiger partial charge >= 0.3 is 0 Å². The highest BCUT2D eigenvalue weighted by Crippen LogP contribution is 2.46. The van der Waals surface area contributed by atoms with Crippen molar-refractivity contribution in [1.29, 1.82) is 0 Å². The molecule has 7 aromatic rings. The van der Waals surface area contributed by atoms with E-state index in [9.17, 15) is 0 Å². The van der Waals surface area contributed by atoms with E-state index in [1.54, 1.807) is 0 Å². The van der Waals surface area contributed by atoms with Crippen LogP contribution in [0.25, 0.3) is 44.5 Å². The third kappa shape index (κ3) is 4.15. The van der Waals surface area contributed by atoms with Crippen LogP contribution in [-0.4, -0.2) is 0 Å². The quantitative estimate of drug-likeness (QED) is 0.201. The Labute approximate surface area is 246 Å². The lowest BCUT2D eigenvalue weighted by molar-refractivity contribution is -0.660. The summed E-state index contributed by atoms with van der Waals surface area (Å²) in [5.74, 6) is 0. The van der Waals surface area contributed by atoms with Crippen molar-refractivity contribution in [2.45, 2.75) is 13.8 Å². The molecule has 0 aliphatic heterocycles. The van der Waals surface area contributed by atoms with Gasteiger partial charge in [0.05, 0.1) is 16.8 Å². The van der Waals surface area contributed by atoms with E-state index < -0.39 is 0 Å². The fourth-order valence-electron chi connectivity index (χ4n) is 6.19. The van der Waals surface area contributed by atoms with Gasteiger partial charge in [-0.2, -0.15) is 0 Å². The van der Waals surface area contributed by atoms with E-state index in [1.807, 2.05) is 6.07 Å². The summed E-state index contributed by atoms with van der Waals surface area (Å²) in [5.41, 5.74) is 12.1. The minimum absolute atomic E-state index is 0.893. The highest BCUT2D eigenvalue weighted by atomic mass is 16.3. The second-order valence-corrected chi connectivity index (χ2v) is 10.9. The predicted molar refractivity (Wildman–Crippen MR) is 171 cm³/mol. The molecular weight excluding hydrogens is 514 g/mol. The van der Waals surface area contributed by atoms with Crippen molar-refractivity contribution < 1.29 is 13.6 Å². The minimum atomic E-state index is 0.893. The lowest BCUT2D eigenvalue weighted by atomic mass is 9.96. The molecule has 3 heterocycles. The number of fused-ring (bicyclic) bond motifs is 3. The first-order valence-corrected chi connectivity index (χ1v) is 14.3. The minimum Gasteiger partial charge on any atom is -0.455 e. The van der Waals surface area contributed by atoms with Gasteiger partial charge in [-0.05, 0) is 73.5 Å². The Morgan fingerprint density at radius 1 is 0.571 bits per heavy atom. The average Bonchev–Trinajstić information content (AvgIpc) is 3.38. The summed E-state index contributed by atoms with van der Waals surface area (Å²) in [7, 11) is 4.20. The van der Waals surface area contributed by atoms with Gasteiger partial charge in [0.1, 0.15) is 25.3 Å². The Morgan fingerprint density at radius 2 is 1.24 bits per heavy atom. The van der Waals surface area contributed by atoms with Crippen molar-refractivity contribution in [3.05, 3.63) is 139 Å². The number of nitrogens with zero attached hydrogens (tertiary/aromatic N) is 3. The van der Waals surface area contributed by atoms with Crippen LogP contribution in [0.2, 0.25) is 0 Å². The Balaban J connectivity index is 1.58. The van der Waals surface area contributed by atoms with Gasteiger partial charge in [0, 0.05) is 46.4 Å². The molecule has 7 rings (SSSR count). The summed E-state index contributed by atoms with van der Waals surface area (Å²) in [4.78, 5) is 2.41. The smallest absolute Gasteiger partial charge is 0.216 e. The Bertz CT molecular complexity index is 2090. The molecule has 0 aliphatic rings. The van der Waals surface area contributed by atoms with E-state index >= 15 is 0 Å². The van der Waals surface area contributed by atoms with Gasteiger partial charge < -0.3 is 9.32 Å². The van der Waals surface area contributed by atoms with Crippen LogP contribution in [0.3, 0.4) is 0 Å². The second kappa shape index (κ2) is 10.3. The summed E-state index contributed by atoms with van der Waals surface area (Å²) >= 11 is 0. The number of rotatable bonds is 5. The number of benzene rings is 4. The van der Waals surface area contributed by atoms with E-state index in [0.29, 0.717) is 0 Å². The summed E-state index contributed by atoms with van der Waals surface area (Å²) < 4.78 is 11.0. The van der Waals surface area contributed by atoms with Crippen LogP contribution in [0.4, 0.5) is 17.1 Å². The van der Waals surface area contributed by atoms with Crippen molar-refractivity contribution >= 4 is 39.0 Å². The van der Waals surface area contributed by atoms with E-state index in [-0.39, 0.29) is 0 Å². The molecule has 0 bridgehead atoms. The van der Waals surface area contributed by atoms with Gasteiger partial charge in [0.25, 0.3) is 0 Å². The summed E-state index contributed by atoms with van der Waals surface area (Å²) in [6.07, 6.45) is 4.20. The van der Waals surface area contributed by atoms with Crippen molar-refractivity contribution in [2.75, 3.05) is 4.90 Å². The highest BCUT2D eigenvalue weighted by Gasteiger charge is 2.27. The Hall–Kier alpha value is -5.22. The number of aromatic nitrogens is 2. The van der Waals surface area contributed by atoms with Crippen molar-refractivity contribution in [2.24, 2.45) is 14.1 Å². The number of furan rings is 1. The molecule has 204 valence electrons. The second-order valence-electron chi connectivity index (χ2n) is 10.9. The van der Waals surface area contributed by atoms with E-state index in [0.717, 1.165) is 55.8 Å². The Kier molecular flexibility index (Phi) is 6.32. The van der Waals surface area contributed by atoms with Crippen LogP contribution in [0.5, 0.6) is 0 Å². The van der Waals surface area contributed by atoms with Crippen LogP contribution >= 0.6 is 0 Å². The monoisotopic (exact) mass is 547 g/mol. The number of para-hydroxylation sites is 2. The molecule has 0 fully saturated rings. The van der Waals surface area contributed by atoms with E-state index in [4.69, 9.17) is 4.42 Å². The molecule has 4 heteroatoms. The topological polar surface area (TPSA) is 24.1 Å². The summed E-state index contributed by atoms with van der Waals surface area (Å²) in [5, 5.41) is 2.22. The van der Waals surface area contributed by atoms with Gasteiger partial charge in [-0.3, -0.25) is 0 Å². The molecule has 0 saturated heterocycles. The molecule has 4 aromatic carbocycles. The maximum atomic E-state index is 6.60. The number of pyridine rings is 2. The Morgan fingerprint density at radius 3 is 1.98 bits per heavy atom. The largest absolute Gasteiger partial charge is 0.455 e. The van der Waals surface area contributed by atoms with Gasteiger partial charge in [0.15, 0.2) is 12.4 Å². The van der Waals surface area contributed by atoms with Gasteiger partial charge in [-0.25, -0.2) is 9.13 Å². The van der Waals surface area contributed by atoms with Crippen molar-refractivity contribution in [3.8, 4) is 22.5 Å². The summed E-state index contributed by atoms with van der Waals surface area (Å²) in [6.45, 7) is 4.45. The lowest BCUT2D eigenvalue weighted by Crippen LogP contribution is -2.30. The standard InChI is InChI=1S/C38H33N3O/c1-26-29(33-19-10-12-23-39(33)3)18-14-21-32(26)41(28-15-6-5-7-16-28)35-25-31-30-17-8-9-22-36(30)42-38(31)37(27(35)2)34-20-11-13-24-40(34)4/h5-25H,1-4H3/q+2. The van der Waals surface area contributed by atoms with E-state index in [1.165, 1.54) is 16.8 Å². The third-order valence-corrected chi connectivity index (χ3v) is 8.34. The predicted octanol–water partition coefficient (Wildman–Crippen LogP) is 8.66. The first-order chi connectivity index (χ1) is 20.5.